The molecule has 0 N–H and O–H groups in total. The molecule has 0 saturated carbocycles. The molecule has 0 amide bonds. The van der Waals surface area contributed by atoms with Crippen molar-refractivity contribution in [1.82, 2.24) is 4.57 Å². The molecule has 0 aliphatic heterocycles. The van der Waals surface area contributed by atoms with E-state index in [9.17, 15) is 0 Å². The third-order valence-electron chi connectivity index (χ3n) is 6.60. The molecular weight excluding hydrogens is 454 g/mol. The van der Waals surface area contributed by atoms with Crippen molar-refractivity contribution < 1.29 is 0 Å². The third-order valence-corrected chi connectivity index (χ3v) is 7.45. The number of aromatic nitrogens is 1. The highest BCUT2D eigenvalue weighted by molar-refractivity contribution is 9.10. The van der Waals surface area contributed by atoms with Gasteiger partial charge in [-0.05, 0) is 61.7 Å². The van der Waals surface area contributed by atoms with E-state index in [1.807, 2.05) is 0 Å². The summed E-state index contributed by atoms with van der Waals surface area (Å²) in [7, 11) is 0. The molecule has 7 rings (SSSR count). The molecule has 0 saturated heterocycles. The molecule has 0 radical (unpaired) electrons. The molecule has 6 aromatic carbocycles. The third kappa shape index (κ3) is 2.39. The number of halogens is 1. The minimum atomic E-state index is 1.15. The fourth-order valence-corrected chi connectivity index (χ4v) is 5.89. The molecule has 2 heteroatoms. The maximum Gasteiger partial charge on any atom is 0.0619 e. The van der Waals surface area contributed by atoms with E-state index < -0.39 is 0 Å². The first-order chi connectivity index (χ1) is 15.8. The van der Waals surface area contributed by atoms with Crippen molar-refractivity contribution in [2.45, 2.75) is 0 Å². The van der Waals surface area contributed by atoms with Crippen LogP contribution in [0.3, 0.4) is 0 Å². The van der Waals surface area contributed by atoms with Crippen molar-refractivity contribution >= 4 is 70.1 Å². The molecule has 0 atom stereocenters. The van der Waals surface area contributed by atoms with Crippen molar-refractivity contribution in [3.63, 3.8) is 0 Å². The van der Waals surface area contributed by atoms with Gasteiger partial charge in [-0.1, -0.05) is 84.9 Å². The molecular formula is C30H18BrN. The van der Waals surface area contributed by atoms with E-state index in [0.717, 1.165) is 4.47 Å². The summed E-state index contributed by atoms with van der Waals surface area (Å²) >= 11 is 3.96. The fourth-order valence-electron chi connectivity index (χ4n) is 5.20. The van der Waals surface area contributed by atoms with Crippen LogP contribution in [-0.4, -0.2) is 4.57 Å². The van der Waals surface area contributed by atoms with Crippen LogP contribution in [0.25, 0.3) is 59.8 Å². The second kappa shape index (κ2) is 6.69. The number of nitrogens with zero attached hydrogens (tertiary/aromatic N) is 1. The van der Waals surface area contributed by atoms with Crippen LogP contribution in [0.2, 0.25) is 0 Å². The zero-order valence-corrected chi connectivity index (χ0v) is 18.8. The quantitative estimate of drug-likeness (QED) is 0.210. The second-order valence-electron chi connectivity index (χ2n) is 8.32. The lowest BCUT2D eigenvalue weighted by molar-refractivity contribution is 1.21. The molecule has 150 valence electrons. The number of fused-ring (bicyclic) bond motifs is 6. The Bertz CT molecular complexity index is 1790. The normalized spacial score (nSPS) is 11.9. The van der Waals surface area contributed by atoms with Gasteiger partial charge in [0.05, 0.1) is 16.7 Å². The highest BCUT2D eigenvalue weighted by Crippen LogP contribution is 2.42. The van der Waals surface area contributed by atoms with Crippen LogP contribution in [0.1, 0.15) is 0 Å². The van der Waals surface area contributed by atoms with Crippen molar-refractivity contribution in [1.29, 1.82) is 0 Å². The van der Waals surface area contributed by atoms with E-state index in [-0.39, 0.29) is 0 Å². The van der Waals surface area contributed by atoms with Gasteiger partial charge in [0, 0.05) is 26.0 Å². The smallest absolute Gasteiger partial charge is 0.0619 e. The van der Waals surface area contributed by atoms with E-state index in [4.69, 9.17) is 0 Å². The lowest BCUT2D eigenvalue weighted by Gasteiger charge is -2.17. The van der Waals surface area contributed by atoms with E-state index >= 15 is 0 Å². The van der Waals surface area contributed by atoms with Crippen LogP contribution >= 0.6 is 15.9 Å². The minimum Gasteiger partial charge on any atom is -0.308 e. The van der Waals surface area contributed by atoms with Gasteiger partial charge in [-0.3, -0.25) is 0 Å². The zero-order valence-electron chi connectivity index (χ0n) is 17.2. The maximum atomic E-state index is 3.96. The molecule has 7 aromatic rings. The Kier molecular flexibility index (Phi) is 3.76. The van der Waals surface area contributed by atoms with Crippen LogP contribution in [0.4, 0.5) is 0 Å². The summed E-state index contributed by atoms with van der Waals surface area (Å²) < 4.78 is 3.61. The first kappa shape index (κ1) is 18.0. The highest BCUT2D eigenvalue weighted by Gasteiger charge is 2.18. The predicted octanol–water partition coefficient (Wildman–Crippen LogP) is 9.01. The summed E-state index contributed by atoms with van der Waals surface area (Å²) in [5.41, 5.74) is 3.70. The highest BCUT2D eigenvalue weighted by atomic mass is 79.9. The van der Waals surface area contributed by atoms with Gasteiger partial charge >= 0.3 is 0 Å². The summed E-state index contributed by atoms with van der Waals surface area (Å²) in [6, 6.07) is 39.5. The Hall–Kier alpha value is -3.62. The molecule has 0 bridgehead atoms. The summed E-state index contributed by atoms with van der Waals surface area (Å²) in [5, 5.41) is 10.0. The lowest BCUT2D eigenvalue weighted by Crippen LogP contribution is -1.98. The Morgan fingerprint density at radius 1 is 0.438 bits per heavy atom. The first-order valence-corrected chi connectivity index (χ1v) is 11.6. The van der Waals surface area contributed by atoms with Crippen molar-refractivity contribution in [3.05, 3.63) is 114 Å². The van der Waals surface area contributed by atoms with Crippen LogP contribution in [-0.2, 0) is 0 Å². The van der Waals surface area contributed by atoms with E-state index in [0.29, 0.717) is 0 Å². The molecule has 0 fully saturated rings. The van der Waals surface area contributed by atoms with Crippen molar-refractivity contribution in [3.8, 4) is 5.69 Å². The largest absolute Gasteiger partial charge is 0.308 e. The van der Waals surface area contributed by atoms with Gasteiger partial charge in [0.25, 0.3) is 0 Å². The van der Waals surface area contributed by atoms with E-state index in [2.05, 4.69) is 130 Å². The summed E-state index contributed by atoms with van der Waals surface area (Å²) in [5.74, 6) is 0. The Balaban J connectivity index is 1.80. The summed E-state index contributed by atoms with van der Waals surface area (Å²) in [6.07, 6.45) is 0. The van der Waals surface area contributed by atoms with Crippen LogP contribution < -0.4 is 0 Å². The van der Waals surface area contributed by atoms with Gasteiger partial charge in [0.15, 0.2) is 0 Å². The average Bonchev–Trinajstić information content (AvgIpc) is 3.17. The number of rotatable bonds is 1. The zero-order chi connectivity index (χ0) is 21.2. The van der Waals surface area contributed by atoms with Gasteiger partial charge in [0.1, 0.15) is 0 Å². The minimum absolute atomic E-state index is 1.15. The van der Waals surface area contributed by atoms with Gasteiger partial charge < -0.3 is 4.57 Å². The Morgan fingerprint density at radius 2 is 0.906 bits per heavy atom. The van der Waals surface area contributed by atoms with Gasteiger partial charge in [0.2, 0.25) is 0 Å². The van der Waals surface area contributed by atoms with Crippen LogP contribution in [0, 0.1) is 0 Å². The lowest BCUT2D eigenvalue weighted by atomic mass is 9.97. The number of benzene rings is 6. The molecule has 0 aliphatic carbocycles. The molecule has 0 spiro atoms. The Morgan fingerprint density at radius 3 is 1.56 bits per heavy atom. The molecule has 0 unspecified atom stereocenters. The molecule has 32 heavy (non-hydrogen) atoms. The number of hydrogen-bond donors (Lipinski definition) is 0. The average molecular weight is 472 g/mol. The molecule has 1 aromatic heterocycles. The van der Waals surface area contributed by atoms with Gasteiger partial charge in [-0.15, -0.1) is 0 Å². The molecule has 0 aliphatic rings. The standard InChI is InChI=1S/C30H18BrN/c31-29-21-11-3-1-9-19(21)18-26-25(29)17-20-10-2-4-12-22(20)30(26)32-27-15-7-5-13-23(27)24-14-6-8-16-28(24)32/h1-18H. The SMILES string of the molecule is Brc1c2ccccc2cc2c(-n3c4ccccc4c4ccccc43)c3ccccc3cc12. The number of hydrogen-bond acceptors (Lipinski definition) is 0. The second-order valence-corrected chi connectivity index (χ2v) is 9.12. The molecule has 1 nitrogen and oxygen atoms in total. The molecule has 1 heterocycles. The number of para-hydroxylation sites is 2. The van der Waals surface area contributed by atoms with Crippen LogP contribution in [0.5, 0.6) is 0 Å². The van der Waals surface area contributed by atoms with Crippen molar-refractivity contribution in [2.24, 2.45) is 0 Å². The summed E-state index contributed by atoms with van der Waals surface area (Å²) in [6.45, 7) is 0. The predicted molar refractivity (Wildman–Crippen MR) is 141 cm³/mol. The van der Waals surface area contributed by atoms with E-state index in [1.165, 1.54) is 59.8 Å². The fraction of sp³-hybridized carbons (Fsp3) is 0. The van der Waals surface area contributed by atoms with Crippen molar-refractivity contribution in [2.75, 3.05) is 0 Å². The van der Waals surface area contributed by atoms with Gasteiger partial charge in [-0.25, -0.2) is 0 Å². The topological polar surface area (TPSA) is 4.93 Å². The van der Waals surface area contributed by atoms with Gasteiger partial charge in [-0.2, -0.15) is 0 Å². The summed E-state index contributed by atoms with van der Waals surface area (Å²) in [4.78, 5) is 0. The Labute approximate surface area is 193 Å². The van der Waals surface area contributed by atoms with Crippen LogP contribution in [0.15, 0.2) is 114 Å². The monoisotopic (exact) mass is 471 g/mol. The maximum absolute atomic E-state index is 3.96. The van der Waals surface area contributed by atoms with E-state index in [1.54, 1.807) is 0 Å². The first-order valence-electron chi connectivity index (χ1n) is 10.8.